The Labute approximate surface area is 144 Å². The molecule has 10 heteroatoms. The van der Waals surface area contributed by atoms with Gasteiger partial charge in [0.1, 0.15) is 18.2 Å². The fourth-order valence-electron chi connectivity index (χ4n) is 2.20. The third kappa shape index (κ3) is 4.40. The van der Waals surface area contributed by atoms with Crippen molar-refractivity contribution >= 4 is 36.5 Å². The second kappa shape index (κ2) is 6.89. The van der Waals surface area contributed by atoms with Gasteiger partial charge in [0.25, 0.3) is 0 Å². The summed E-state index contributed by atoms with van der Waals surface area (Å²) < 4.78 is 46.8. The molecular weight excluding hydrogens is 361 g/mol. The summed E-state index contributed by atoms with van der Waals surface area (Å²) in [4.78, 5) is 7.78. The number of rotatable bonds is 6. The molecule has 2 aromatic heterocycles. The molecule has 0 saturated carbocycles. The Hall–Kier alpha value is -1.32. The molecule has 0 bridgehead atoms. The fraction of sp³-hybridized carbons (Fsp3) is 0.571. The third-order valence-corrected chi connectivity index (χ3v) is 5.33. The Bertz CT molecular complexity index is 727. The predicted molar refractivity (Wildman–Crippen MR) is 91.2 cm³/mol. The van der Waals surface area contributed by atoms with Crippen LogP contribution in [0, 0.1) is 0 Å². The van der Waals surface area contributed by atoms with Crippen molar-refractivity contribution in [2.24, 2.45) is 0 Å². The van der Waals surface area contributed by atoms with Crippen LogP contribution in [0.4, 0.5) is 19.0 Å². The first-order valence-corrected chi connectivity index (χ1v) is 11.5. The number of ether oxygens (including phenoxy) is 1. The molecule has 0 spiro atoms. The molecule has 0 aliphatic rings. The largest absolute Gasteiger partial charge is 0.418 e. The first-order chi connectivity index (χ1) is 11.0. The number of alkyl halides is 3. The van der Waals surface area contributed by atoms with Gasteiger partial charge in [-0.15, -0.1) is 0 Å². The van der Waals surface area contributed by atoms with Gasteiger partial charge in [-0.25, -0.2) is 4.98 Å². The molecule has 0 aromatic carbocycles. The van der Waals surface area contributed by atoms with Crippen LogP contribution in [0.5, 0.6) is 0 Å². The smallest absolute Gasteiger partial charge is 0.372 e. The number of nitrogens with one attached hydrogen (secondary N) is 1. The van der Waals surface area contributed by atoms with Crippen LogP contribution in [0.3, 0.4) is 0 Å². The second-order valence-electron chi connectivity index (χ2n) is 6.65. The molecular formula is C14H20ClF3N4OSi. The van der Waals surface area contributed by atoms with E-state index in [0.29, 0.717) is 6.61 Å². The van der Waals surface area contributed by atoms with E-state index in [4.69, 9.17) is 16.3 Å². The van der Waals surface area contributed by atoms with Crippen LogP contribution < -0.4 is 5.32 Å². The number of fused-ring (bicyclic) bond motifs is 1. The SMILES string of the molecule is CNc1nc(Cl)nc2c1c(C(F)(F)F)cn2COCC[Si](C)(C)C. The highest BCUT2D eigenvalue weighted by atomic mass is 35.5. The number of halogens is 4. The van der Waals surface area contributed by atoms with Gasteiger partial charge in [-0.2, -0.15) is 18.2 Å². The lowest BCUT2D eigenvalue weighted by Crippen LogP contribution is -2.22. The summed E-state index contributed by atoms with van der Waals surface area (Å²) >= 11 is 5.83. The Morgan fingerprint density at radius 1 is 1.29 bits per heavy atom. The van der Waals surface area contributed by atoms with Crippen LogP contribution >= 0.6 is 11.6 Å². The van der Waals surface area contributed by atoms with Crippen molar-refractivity contribution in [3.8, 4) is 0 Å². The van der Waals surface area contributed by atoms with Gasteiger partial charge in [-0.3, -0.25) is 0 Å². The van der Waals surface area contributed by atoms with E-state index < -0.39 is 19.8 Å². The molecule has 2 aromatic rings. The van der Waals surface area contributed by atoms with Crippen molar-refractivity contribution in [2.75, 3.05) is 19.0 Å². The summed E-state index contributed by atoms with van der Waals surface area (Å²) in [5.74, 6) is 0.0400. The van der Waals surface area contributed by atoms with Crippen LogP contribution in [-0.2, 0) is 17.6 Å². The van der Waals surface area contributed by atoms with Crippen molar-refractivity contribution in [3.63, 3.8) is 0 Å². The maximum absolute atomic E-state index is 13.3. The minimum atomic E-state index is -4.52. The summed E-state index contributed by atoms with van der Waals surface area (Å²) in [6, 6.07) is 0.926. The lowest BCUT2D eigenvalue weighted by atomic mass is 10.2. The molecule has 0 amide bonds. The lowest BCUT2D eigenvalue weighted by molar-refractivity contribution is -0.136. The summed E-state index contributed by atoms with van der Waals surface area (Å²) in [5, 5.41) is 2.41. The molecule has 2 heterocycles. The van der Waals surface area contributed by atoms with Crippen molar-refractivity contribution < 1.29 is 17.9 Å². The van der Waals surface area contributed by atoms with E-state index in [9.17, 15) is 13.2 Å². The Balaban J connectivity index is 2.38. The summed E-state index contributed by atoms with van der Waals surface area (Å²) in [5.41, 5.74) is -0.716. The number of hydrogen-bond acceptors (Lipinski definition) is 4. The summed E-state index contributed by atoms with van der Waals surface area (Å²) in [6.07, 6.45) is -3.53. The van der Waals surface area contributed by atoms with Crippen molar-refractivity contribution in [3.05, 3.63) is 17.0 Å². The molecule has 0 aliphatic heterocycles. The maximum Gasteiger partial charge on any atom is 0.418 e. The van der Waals surface area contributed by atoms with Gasteiger partial charge in [0, 0.05) is 27.9 Å². The van der Waals surface area contributed by atoms with Gasteiger partial charge in [-0.05, 0) is 17.6 Å². The highest BCUT2D eigenvalue weighted by Gasteiger charge is 2.36. The average molecular weight is 381 g/mol. The average Bonchev–Trinajstić information content (AvgIpc) is 2.80. The number of nitrogens with zero attached hydrogens (tertiary/aromatic N) is 3. The molecule has 0 aliphatic carbocycles. The quantitative estimate of drug-likeness (QED) is 0.456. The highest BCUT2D eigenvalue weighted by Crippen LogP contribution is 2.38. The molecule has 1 N–H and O–H groups in total. The van der Waals surface area contributed by atoms with E-state index in [1.54, 1.807) is 0 Å². The maximum atomic E-state index is 13.3. The topological polar surface area (TPSA) is 52.0 Å². The van der Waals surface area contributed by atoms with Crippen LogP contribution in [0.1, 0.15) is 5.56 Å². The Morgan fingerprint density at radius 2 is 1.96 bits per heavy atom. The number of hydrogen-bond donors (Lipinski definition) is 1. The Morgan fingerprint density at radius 3 is 2.50 bits per heavy atom. The van der Waals surface area contributed by atoms with Crippen LogP contribution in [0.2, 0.25) is 31.0 Å². The van der Waals surface area contributed by atoms with E-state index in [1.165, 1.54) is 11.6 Å². The normalized spacial score (nSPS) is 12.8. The van der Waals surface area contributed by atoms with Gasteiger partial charge < -0.3 is 14.6 Å². The fourth-order valence-corrected chi connectivity index (χ4v) is 3.12. The lowest BCUT2D eigenvalue weighted by Gasteiger charge is -2.15. The summed E-state index contributed by atoms with van der Waals surface area (Å²) in [6.45, 7) is 7.09. The molecule has 2 rings (SSSR count). The van der Waals surface area contributed by atoms with E-state index in [-0.39, 0.29) is 28.9 Å². The van der Waals surface area contributed by atoms with E-state index in [0.717, 1.165) is 12.2 Å². The van der Waals surface area contributed by atoms with E-state index in [1.807, 2.05) is 0 Å². The van der Waals surface area contributed by atoms with Crippen LogP contribution in [0.15, 0.2) is 6.20 Å². The monoisotopic (exact) mass is 380 g/mol. The first-order valence-electron chi connectivity index (χ1n) is 7.42. The Kier molecular flexibility index (Phi) is 5.46. The minimum absolute atomic E-state index is 0.0203. The zero-order valence-corrected chi connectivity index (χ0v) is 15.7. The standard InChI is InChI=1S/C14H20ClF3N4OSi/c1-19-11-10-9(14(16,17)18)7-22(12(10)21-13(15)20-11)8-23-5-6-24(2,3)4/h7H,5-6,8H2,1-4H3,(H,19,20,21). The molecule has 0 saturated heterocycles. The molecule has 5 nitrogen and oxygen atoms in total. The molecule has 24 heavy (non-hydrogen) atoms. The molecule has 0 radical (unpaired) electrons. The molecule has 0 unspecified atom stereocenters. The third-order valence-electron chi connectivity index (χ3n) is 3.46. The zero-order valence-electron chi connectivity index (χ0n) is 14.0. The first kappa shape index (κ1) is 19.0. The van der Waals surface area contributed by atoms with E-state index >= 15 is 0 Å². The zero-order chi connectivity index (χ0) is 18.1. The van der Waals surface area contributed by atoms with Crippen molar-refractivity contribution in [1.82, 2.24) is 14.5 Å². The predicted octanol–water partition coefficient (Wildman–Crippen LogP) is 4.46. The van der Waals surface area contributed by atoms with Gasteiger partial charge in [-0.1, -0.05) is 19.6 Å². The molecule has 0 fully saturated rings. The van der Waals surface area contributed by atoms with Gasteiger partial charge in [0.15, 0.2) is 0 Å². The molecule has 134 valence electrons. The highest BCUT2D eigenvalue weighted by molar-refractivity contribution is 6.76. The van der Waals surface area contributed by atoms with Crippen LogP contribution in [-0.4, -0.2) is 36.3 Å². The van der Waals surface area contributed by atoms with Crippen molar-refractivity contribution in [2.45, 2.75) is 38.6 Å². The molecule has 0 atom stereocenters. The van der Waals surface area contributed by atoms with Crippen LogP contribution in [0.25, 0.3) is 11.0 Å². The van der Waals surface area contributed by atoms with Gasteiger partial charge in [0.2, 0.25) is 5.28 Å². The number of anilines is 1. The van der Waals surface area contributed by atoms with Gasteiger partial charge >= 0.3 is 6.18 Å². The van der Waals surface area contributed by atoms with Gasteiger partial charge in [0.05, 0.1) is 10.9 Å². The summed E-state index contributed by atoms with van der Waals surface area (Å²) in [7, 11) is 0.218. The second-order valence-corrected chi connectivity index (χ2v) is 12.6. The minimum Gasteiger partial charge on any atom is -0.372 e. The number of aromatic nitrogens is 3. The van der Waals surface area contributed by atoms with E-state index in [2.05, 4.69) is 34.9 Å². The van der Waals surface area contributed by atoms with Crippen molar-refractivity contribution in [1.29, 1.82) is 0 Å².